The summed E-state index contributed by atoms with van der Waals surface area (Å²) in [5, 5.41) is 2.86. The van der Waals surface area contributed by atoms with Crippen molar-refractivity contribution in [3.63, 3.8) is 0 Å². The van der Waals surface area contributed by atoms with Crippen molar-refractivity contribution in [3.8, 4) is 0 Å². The summed E-state index contributed by atoms with van der Waals surface area (Å²) < 4.78 is 28.2. The summed E-state index contributed by atoms with van der Waals surface area (Å²) in [7, 11) is -3.80. The van der Waals surface area contributed by atoms with Crippen LogP contribution in [0.2, 0.25) is 0 Å². The zero-order valence-corrected chi connectivity index (χ0v) is 18.2. The molecule has 0 bridgehead atoms. The lowest BCUT2D eigenvalue weighted by Crippen LogP contribution is -2.47. The maximum Gasteiger partial charge on any atom is 0.241 e. The summed E-state index contributed by atoms with van der Waals surface area (Å²) in [5.41, 5.74) is 2.06. The molecule has 2 aromatic carbocycles. The van der Waals surface area contributed by atoms with Gasteiger partial charge < -0.3 is 5.32 Å². The minimum absolute atomic E-state index is 0.145. The Labute approximate surface area is 184 Å². The van der Waals surface area contributed by atoms with Gasteiger partial charge in [-0.05, 0) is 43.4 Å². The molecule has 0 radical (unpaired) electrons. The highest BCUT2D eigenvalue weighted by Gasteiger charge is 2.26. The Morgan fingerprint density at radius 2 is 1.71 bits per heavy atom. The number of hydrogen-bond donors (Lipinski definition) is 2. The molecule has 0 heterocycles. The topological polar surface area (TPSA) is 75.3 Å². The lowest BCUT2D eigenvalue weighted by molar-refractivity contribution is -0.122. The summed E-state index contributed by atoms with van der Waals surface area (Å²) in [4.78, 5) is 13.0. The van der Waals surface area contributed by atoms with Gasteiger partial charge in [-0.2, -0.15) is 4.72 Å². The normalized spacial score (nSPS) is 14.9. The van der Waals surface area contributed by atoms with E-state index in [1.54, 1.807) is 18.2 Å². The van der Waals surface area contributed by atoms with Crippen LogP contribution in [0.5, 0.6) is 0 Å². The molecule has 5 nitrogen and oxygen atoms in total. The molecule has 0 saturated heterocycles. The quantitative estimate of drug-likeness (QED) is 0.548. The van der Waals surface area contributed by atoms with Crippen molar-refractivity contribution in [1.29, 1.82) is 0 Å². The van der Waals surface area contributed by atoms with Gasteiger partial charge in [0.15, 0.2) is 0 Å². The highest BCUT2D eigenvalue weighted by Crippen LogP contribution is 2.17. The minimum Gasteiger partial charge on any atom is -0.354 e. The summed E-state index contributed by atoms with van der Waals surface area (Å²) in [5.74, 6) is -0.326. The number of nitrogens with one attached hydrogen (secondary N) is 2. The average Bonchev–Trinajstić information content (AvgIpc) is 2.80. The summed E-state index contributed by atoms with van der Waals surface area (Å²) in [6.45, 7) is 0.431. The van der Waals surface area contributed by atoms with Gasteiger partial charge in [-0.1, -0.05) is 84.5 Å². The van der Waals surface area contributed by atoms with Crippen LogP contribution in [0.3, 0.4) is 0 Å². The zero-order chi connectivity index (χ0) is 21.9. The van der Waals surface area contributed by atoms with Gasteiger partial charge in [0, 0.05) is 6.54 Å². The van der Waals surface area contributed by atoms with Crippen molar-refractivity contribution >= 4 is 22.0 Å². The highest BCUT2D eigenvalue weighted by atomic mass is 32.2. The molecule has 2 aromatic rings. The zero-order valence-electron chi connectivity index (χ0n) is 17.4. The van der Waals surface area contributed by atoms with Crippen LogP contribution >= 0.6 is 0 Å². The molecule has 0 spiro atoms. The van der Waals surface area contributed by atoms with Crippen molar-refractivity contribution in [3.05, 3.63) is 96.1 Å². The van der Waals surface area contributed by atoms with Crippen molar-refractivity contribution < 1.29 is 13.2 Å². The second kappa shape index (κ2) is 11.4. The summed E-state index contributed by atoms with van der Waals surface area (Å²) in [6.07, 6.45) is 12.9. The van der Waals surface area contributed by atoms with Gasteiger partial charge in [0.25, 0.3) is 0 Å². The van der Waals surface area contributed by atoms with Gasteiger partial charge in [0.1, 0.15) is 6.04 Å². The molecule has 3 rings (SSSR count). The molecular formula is C25H28N2O3S. The van der Waals surface area contributed by atoms with Crippen LogP contribution in [-0.4, -0.2) is 26.9 Å². The standard InChI is InChI=1S/C25H28N2O3S/c28-25(26-19-11-10-14-21-12-4-1-5-13-21)24(20-22-15-6-2-7-16-22)27-31(29,30)23-17-8-3-9-18-23/h1,3-6,8-10,12-18,24,27H,2,7,11,19-20H2,(H,26,28). The Kier molecular flexibility index (Phi) is 8.38. The lowest BCUT2D eigenvalue weighted by atomic mass is 10.00. The molecular weight excluding hydrogens is 408 g/mol. The van der Waals surface area contributed by atoms with Gasteiger partial charge >= 0.3 is 0 Å². The largest absolute Gasteiger partial charge is 0.354 e. The number of allylic oxidation sites excluding steroid dienone is 3. The highest BCUT2D eigenvalue weighted by molar-refractivity contribution is 7.89. The first-order chi connectivity index (χ1) is 15.0. The molecule has 0 saturated carbocycles. The fraction of sp³-hybridized carbons (Fsp3) is 0.240. The van der Waals surface area contributed by atoms with E-state index in [1.165, 1.54) is 12.1 Å². The molecule has 1 amide bonds. The van der Waals surface area contributed by atoms with E-state index in [9.17, 15) is 13.2 Å². The second-order valence-electron chi connectivity index (χ2n) is 7.34. The molecule has 0 fully saturated rings. The number of benzene rings is 2. The third-order valence-corrected chi connectivity index (χ3v) is 6.39. The Balaban J connectivity index is 1.62. The third-order valence-electron chi connectivity index (χ3n) is 4.90. The number of sulfonamides is 1. The molecule has 0 aromatic heterocycles. The first kappa shape index (κ1) is 22.7. The van der Waals surface area contributed by atoms with Crippen molar-refractivity contribution in [2.45, 2.75) is 36.6 Å². The molecule has 1 unspecified atom stereocenters. The van der Waals surface area contributed by atoms with E-state index in [-0.39, 0.29) is 10.8 Å². The molecule has 1 aliphatic rings. The van der Waals surface area contributed by atoms with E-state index in [4.69, 9.17) is 0 Å². The summed E-state index contributed by atoms with van der Waals surface area (Å²) >= 11 is 0. The smallest absolute Gasteiger partial charge is 0.241 e. The van der Waals surface area contributed by atoms with Crippen molar-refractivity contribution in [2.75, 3.05) is 6.54 Å². The number of hydrogen-bond acceptors (Lipinski definition) is 3. The van der Waals surface area contributed by atoms with E-state index in [0.29, 0.717) is 19.4 Å². The number of carbonyl (C=O) groups is 1. The number of carbonyl (C=O) groups excluding carboxylic acids is 1. The predicted octanol–water partition coefficient (Wildman–Crippen LogP) is 4.22. The third kappa shape index (κ3) is 7.35. The van der Waals surface area contributed by atoms with Gasteiger partial charge in [0.05, 0.1) is 4.90 Å². The van der Waals surface area contributed by atoms with Gasteiger partial charge in [0.2, 0.25) is 15.9 Å². The van der Waals surface area contributed by atoms with E-state index in [0.717, 1.165) is 24.0 Å². The Morgan fingerprint density at radius 3 is 2.39 bits per heavy atom. The average molecular weight is 437 g/mol. The molecule has 0 aliphatic heterocycles. The van der Waals surface area contributed by atoms with E-state index >= 15 is 0 Å². The van der Waals surface area contributed by atoms with E-state index < -0.39 is 16.1 Å². The van der Waals surface area contributed by atoms with Crippen LogP contribution < -0.4 is 10.0 Å². The van der Waals surface area contributed by atoms with Crippen molar-refractivity contribution in [1.82, 2.24) is 10.0 Å². The van der Waals surface area contributed by atoms with Crippen LogP contribution in [-0.2, 0) is 14.8 Å². The molecule has 162 valence electrons. The molecule has 31 heavy (non-hydrogen) atoms. The summed E-state index contributed by atoms with van der Waals surface area (Å²) in [6, 6.07) is 17.2. The SMILES string of the molecule is O=C(NCCC=Cc1ccccc1)C(CC1=CCCC=C1)NS(=O)(=O)c1ccccc1. The van der Waals surface area contributed by atoms with Gasteiger partial charge in [-0.3, -0.25) is 4.79 Å². The van der Waals surface area contributed by atoms with E-state index in [2.05, 4.69) is 16.1 Å². The Morgan fingerprint density at radius 1 is 1.00 bits per heavy atom. The Hall–Kier alpha value is -2.96. The van der Waals surface area contributed by atoms with Crippen LogP contribution in [0.15, 0.2) is 95.4 Å². The monoisotopic (exact) mass is 436 g/mol. The van der Waals surface area contributed by atoms with Crippen LogP contribution in [0.25, 0.3) is 6.08 Å². The lowest BCUT2D eigenvalue weighted by Gasteiger charge is -2.20. The fourth-order valence-electron chi connectivity index (χ4n) is 3.28. The van der Waals surface area contributed by atoms with Crippen LogP contribution in [0.1, 0.15) is 31.2 Å². The van der Waals surface area contributed by atoms with Crippen molar-refractivity contribution in [2.24, 2.45) is 0 Å². The fourth-order valence-corrected chi connectivity index (χ4v) is 4.50. The maximum absolute atomic E-state index is 12.8. The first-order valence-corrected chi connectivity index (χ1v) is 12.0. The van der Waals surface area contributed by atoms with Crippen LogP contribution in [0, 0.1) is 0 Å². The second-order valence-corrected chi connectivity index (χ2v) is 9.06. The number of amides is 1. The number of rotatable bonds is 10. The van der Waals surface area contributed by atoms with Crippen LogP contribution in [0.4, 0.5) is 0 Å². The van der Waals surface area contributed by atoms with E-state index in [1.807, 2.05) is 54.6 Å². The molecule has 2 N–H and O–H groups in total. The first-order valence-electron chi connectivity index (χ1n) is 10.5. The molecule has 1 atom stereocenters. The Bertz CT molecular complexity index is 1040. The maximum atomic E-state index is 12.8. The minimum atomic E-state index is -3.80. The van der Waals surface area contributed by atoms with Gasteiger partial charge in [-0.15, -0.1) is 0 Å². The molecule has 6 heteroatoms. The van der Waals surface area contributed by atoms with Gasteiger partial charge in [-0.25, -0.2) is 8.42 Å². The predicted molar refractivity (Wildman–Crippen MR) is 125 cm³/mol. The molecule has 1 aliphatic carbocycles.